The van der Waals surface area contributed by atoms with Gasteiger partial charge in [-0.15, -0.1) is 0 Å². The molecule has 2 aliphatic carbocycles. The monoisotopic (exact) mass is 392 g/mol. The van der Waals surface area contributed by atoms with Crippen LogP contribution in [0.25, 0.3) is 0 Å². The van der Waals surface area contributed by atoms with Gasteiger partial charge in [0.05, 0.1) is 17.4 Å². The highest BCUT2D eigenvalue weighted by Crippen LogP contribution is 2.42. The van der Waals surface area contributed by atoms with Gasteiger partial charge in [-0.25, -0.2) is 15.4 Å². The second-order valence-corrected chi connectivity index (χ2v) is 9.06. The van der Waals surface area contributed by atoms with E-state index >= 15 is 0 Å². The van der Waals surface area contributed by atoms with Crippen molar-refractivity contribution >= 4 is 11.5 Å². The molecule has 0 bridgehead atoms. The second kappa shape index (κ2) is 6.57. The van der Waals surface area contributed by atoms with Crippen LogP contribution in [-0.2, 0) is 0 Å². The third kappa shape index (κ3) is 3.42. The normalized spacial score (nSPS) is 25.4. The molecule has 3 heterocycles. The fraction of sp³-hybridized carbons (Fsp3) is 0.545. The minimum Gasteiger partial charge on any atom is -0.488 e. The fourth-order valence-corrected chi connectivity index (χ4v) is 4.43. The van der Waals surface area contributed by atoms with Crippen molar-refractivity contribution in [1.29, 1.82) is 0 Å². The summed E-state index contributed by atoms with van der Waals surface area (Å²) in [6.45, 7) is 6.52. The van der Waals surface area contributed by atoms with Crippen molar-refractivity contribution in [2.45, 2.75) is 50.3 Å². The Labute approximate surface area is 171 Å². The minimum absolute atomic E-state index is 0.00457. The molecule has 3 fully saturated rings. The Balaban J connectivity index is 1.22. The molecular formula is C22H28N6O. The summed E-state index contributed by atoms with van der Waals surface area (Å²) in [7, 11) is 0. The number of benzene rings is 1. The Bertz CT molecular complexity index is 917. The molecular weight excluding hydrogens is 364 g/mol. The number of piperazine rings is 1. The lowest BCUT2D eigenvalue weighted by atomic mass is 10.0. The molecule has 29 heavy (non-hydrogen) atoms. The Morgan fingerprint density at radius 2 is 1.90 bits per heavy atom. The Morgan fingerprint density at radius 3 is 2.66 bits per heavy atom. The van der Waals surface area contributed by atoms with Gasteiger partial charge in [0.15, 0.2) is 0 Å². The zero-order valence-corrected chi connectivity index (χ0v) is 16.9. The fourth-order valence-electron chi connectivity index (χ4n) is 4.43. The molecule has 7 nitrogen and oxygen atoms in total. The highest BCUT2D eigenvalue weighted by atomic mass is 16.5. The highest BCUT2D eigenvalue weighted by molar-refractivity contribution is 5.61. The van der Waals surface area contributed by atoms with Crippen LogP contribution in [0, 0.1) is 0 Å². The molecule has 6 rings (SSSR count). The average Bonchev–Trinajstić information content (AvgIpc) is 3.67. The third-order valence-electron chi connectivity index (χ3n) is 6.67. The average molecular weight is 393 g/mol. The van der Waals surface area contributed by atoms with E-state index in [-0.39, 0.29) is 11.6 Å². The Kier molecular flexibility index (Phi) is 3.96. The van der Waals surface area contributed by atoms with Gasteiger partial charge in [0.2, 0.25) is 0 Å². The van der Waals surface area contributed by atoms with E-state index < -0.39 is 0 Å². The van der Waals surface area contributed by atoms with E-state index in [1.807, 2.05) is 6.07 Å². The van der Waals surface area contributed by atoms with Crippen molar-refractivity contribution in [3.8, 4) is 5.75 Å². The summed E-state index contributed by atoms with van der Waals surface area (Å²) < 4.78 is 6.17. The van der Waals surface area contributed by atoms with Gasteiger partial charge in [0.1, 0.15) is 23.5 Å². The molecule has 2 N–H and O–H groups in total. The number of fused-ring (bicyclic) bond motifs is 1. The molecule has 2 saturated carbocycles. The maximum atomic E-state index is 6.17. The van der Waals surface area contributed by atoms with Crippen LogP contribution in [0.4, 0.5) is 11.5 Å². The van der Waals surface area contributed by atoms with E-state index in [0.29, 0.717) is 0 Å². The summed E-state index contributed by atoms with van der Waals surface area (Å²) in [5.41, 5.74) is 9.94. The van der Waals surface area contributed by atoms with Crippen LogP contribution in [0.3, 0.4) is 0 Å². The van der Waals surface area contributed by atoms with E-state index in [9.17, 15) is 0 Å². The van der Waals surface area contributed by atoms with E-state index in [1.165, 1.54) is 18.4 Å². The summed E-state index contributed by atoms with van der Waals surface area (Å²) in [5.74, 6) is 1.96. The number of ether oxygens (including phenoxy) is 1. The maximum Gasteiger partial charge on any atom is 0.132 e. The molecule has 4 aliphatic rings. The van der Waals surface area contributed by atoms with Crippen LogP contribution in [0.2, 0.25) is 0 Å². The van der Waals surface area contributed by atoms with Crippen molar-refractivity contribution in [3.63, 3.8) is 0 Å². The van der Waals surface area contributed by atoms with Gasteiger partial charge in [-0.1, -0.05) is 0 Å². The number of nitrogens with zero attached hydrogens (tertiary/aromatic N) is 4. The molecule has 1 aromatic carbocycles. The zero-order chi connectivity index (χ0) is 19.4. The number of hydrazine groups is 1. The van der Waals surface area contributed by atoms with Crippen LogP contribution in [-0.4, -0.2) is 52.7 Å². The number of rotatable bonds is 5. The largest absolute Gasteiger partial charge is 0.488 e. The summed E-state index contributed by atoms with van der Waals surface area (Å²) in [4.78, 5) is 14.2. The molecule has 1 atom stereocenters. The molecule has 1 saturated heterocycles. The zero-order valence-electron chi connectivity index (χ0n) is 16.9. The maximum absolute atomic E-state index is 6.17. The second-order valence-electron chi connectivity index (χ2n) is 9.06. The van der Waals surface area contributed by atoms with Crippen molar-refractivity contribution < 1.29 is 4.74 Å². The van der Waals surface area contributed by atoms with Gasteiger partial charge in [0, 0.05) is 43.9 Å². The van der Waals surface area contributed by atoms with Gasteiger partial charge in [-0.2, -0.15) is 0 Å². The lowest BCUT2D eigenvalue weighted by molar-refractivity contribution is 0.200. The first-order valence-electron chi connectivity index (χ1n) is 10.8. The Hall–Kier alpha value is -2.38. The predicted octanol–water partition coefficient (Wildman–Crippen LogP) is 2.71. The van der Waals surface area contributed by atoms with E-state index in [0.717, 1.165) is 68.0 Å². The van der Waals surface area contributed by atoms with Crippen molar-refractivity contribution in [1.82, 2.24) is 20.3 Å². The van der Waals surface area contributed by atoms with Crippen molar-refractivity contribution in [3.05, 3.63) is 41.9 Å². The van der Waals surface area contributed by atoms with E-state index in [4.69, 9.17) is 4.74 Å². The first-order valence-corrected chi connectivity index (χ1v) is 10.8. The van der Waals surface area contributed by atoms with Crippen LogP contribution in [0.15, 0.2) is 30.6 Å². The number of anilines is 2. The topological polar surface area (TPSA) is 65.5 Å². The first-order chi connectivity index (χ1) is 14.2. The Morgan fingerprint density at radius 1 is 1.07 bits per heavy atom. The van der Waals surface area contributed by atoms with E-state index in [2.05, 4.69) is 55.7 Å². The molecule has 7 heteroatoms. The summed E-state index contributed by atoms with van der Waals surface area (Å²) in [5, 5.41) is 0. The molecule has 152 valence electrons. The number of aromatic nitrogens is 2. The molecule has 1 unspecified atom stereocenters. The standard InChI is InChI=1S/C22H28N6O/c1-22(6-7-22)29-16-4-5-18-17(12-16)21(26-25-18)19-13-20(24-14-23-19)28-10-8-27(9-11-28)15-2-3-15/h4-5,12-15,21,25-26H,2-3,6-11H2,1H3. The minimum atomic E-state index is -0.00457. The predicted molar refractivity (Wildman–Crippen MR) is 112 cm³/mol. The number of nitrogens with one attached hydrogen (secondary N) is 2. The lowest BCUT2D eigenvalue weighted by Gasteiger charge is -2.35. The van der Waals surface area contributed by atoms with Gasteiger partial charge < -0.3 is 15.1 Å². The molecule has 2 aromatic rings. The van der Waals surface area contributed by atoms with Gasteiger partial charge in [0.25, 0.3) is 0 Å². The summed E-state index contributed by atoms with van der Waals surface area (Å²) in [6, 6.07) is 9.25. The molecule has 0 spiro atoms. The van der Waals surface area contributed by atoms with Gasteiger partial charge in [-0.05, 0) is 50.8 Å². The first kappa shape index (κ1) is 17.5. The van der Waals surface area contributed by atoms with Crippen LogP contribution >= 0.6 is 0 Å². The van der Waals surface area contributed by atoms with Crippen molar-refractivity contribution in [2.75, 3.05) is 36.5 Å². The van der Waals surface area contributed by atoms with Crippen molar-refractivity contribution in [2.24, 2.45) is 0 Å². The molecule has 0 amide bonds. The molecule has 2 aliphatic heterocycles. The van der Waals surface area contributed by atoms with Crippen LogP contribution in [0.5, 0.6) is 5.75 Å². The number of hydrogen-bond donors (Lipinski definition) is 2. The summed E-state index contributed by atoms with van der Waals surface area (Å²) in [6.07, 6.45) is 6.72. The number of hydrogen-bond acceptors (Lipinski definition) is 7. The third-order valence-corrected chi connectivity index (χ3v) is 6.67. The molecule has 1 aromatic heterocycles. The van der Waals surface area contributed by atoms with E-state index in [1.54, 1.807) is 6.33 Å². The quantitative estimate of drug-likeness (QED) is 0.811. The van der Waals surface area contributed by atoms with Gasteiger partial charge >= 0.3 is 0 Å². The SMILES string of the molecule is CC1(Oc2ccc3c(c2)C(c2cc(N4CCN(C5CC5)CC4)ncn2)NN3)CC1. The smallest absolute Gasteiger partial charge is 0.132 e. The lowest BCUT2D eigenvalue weighted by Crippen LogP contribution is -2.47. The van der Waals surface area contributed by atoms with Crippen LogP contribution < -0.4 is 20.5 Å². The van der Waals surface area contributed by atoms with Gasteiger partial charge in [-0.3, -0.25) is 4.90 Å². The highest BCUT2D eigenvalue weighted by Gasteiger charge is 2.40. The summed E-state index contributed by atoms with van der Waals surface area (Å²) >= 11 is 0. The van der Waals surface area contributed by atoms with Crippen LogP contribution in [0.1, 0.15) is 49.9 Å². The molecule has 0 radical (unpaired) electrons.